The Labute approximate surface area is 349 Å². The smallest absolute Gasteiger partial charge is 0.261 e. The molecule has 7 nitrogen and oxygen atoms in total. The van der Waals surface area contributed by atoms with Crippen molar-refractivity contribution in [2.75, 3.05) is 13.2 Å². The highest BCUT2D eigenvalue weighted by Crippen LogP contribution is 2.52. The third-order valence-electron chi connectivity index (χ3n) is 12.8. The number of ether oxygens (including phenoxy) is 4. The Morgan fingerprint density at radius 1 is 0.569 bits per heavy atom. The quantitative estimate of drug-likeness (QED) is 0.155. The number of rotatable bonds is 11. The van der Waals surface area contributed by atoms with E-state index in [0.717, 1.165) is 36.1 Å². The van der Waals surface area contributed by atoms with Crippen molar-refractivity contribution in [2.45, 2.75) is 146 Å². The first-order chi connectivity index (χ1) is 27.7. The maximum Gasteiger partial charge on any atom is 0.261 e. The SMILES string of the molecule is C[C@H]1CCC[C@]2(O[C@@H]([C@H](O)CO[Si](c3ccccc3)(c3ccccc3)C(C)(C)C)[C@H](CO[Si](c3ccccc3)(c3ccccc3)C(C)(C)C)O[C@]23CCC[C@H](C)O3)O1. The van der Waals surface area contributed by atoms with E-state index < -0.39 is 46.5 Å². The van der Waals surface area contributed by atoms with Gasteiger partial charge in [0.2, 0.25) is 11.6 Å². The Balaban J connectivity index is 1.31. The molecule has 3 heterocycles. The van der Waals surface area contributed by atoms with E-state index >= 15 is 0 Å². The van der Waals surface area contributed by atoms with Gasteiger partial charge in [0.1, 0.15) is 18.3 Å². The maximum absolute atomic E-state index is 12.8. The third kappa shape index (κ3) is 7.99. The normalized spacial score (nSPS) is 27.7. The fourth-order valence-electron chi connectivity index (χ4n) is 10.1. The standard InChI is InChI=1S/C49H66O7Si2/c1-37-23-21-33-48(53-37)49(34-22-24-38(2)54-49)56-45(43(50)35-51-57(46(3,4)5,39-25-13-9-14-26-39)40-27-15-10-16-28-40)44(55-48)36-52-58(47(6,7)8,41-29-17-11-18-30-41)42-31-19-12-20-32-42/h9-20,25-32,37-38,43-45,50H,21-24,33-36H2,1-8H3/t37-,38-,43+,44-,45-,48+,49+/m0/s1. The summed E-state index contributed by atoms with van der Waals surface area (Å²) in [5, 5.41) is 16.9. The average molecular weight is 823 g/mol. The summed E-state index contributed by atoms with van der Waals surface area (Å²) in [6.07, 6.45) is 2.16. The van der Waals surface area contributed by atoms with Crippen molar-refractivity contribution in [1.82, 2.24) is 0 Å². The molecular formula is C49H66O7Si2. The van der Waals surface area contributed by atoms with Gasteiger partial charge in [-0.05, 0) is 70.4 Å². The van der Waals surface area contributed by atoms with Crippen LogP contribution in [0.2, 0.25) is 10.1 Å². The van der Waals surface area contributed by atoms with E-state index in [1.165, 1.54) is 10.4 Å². The van der Waals surface area contributed by atoms with Crippen LogP contribution >= 0.6 is 0 Å². The molecule has 0 aromatic heterocycles. The zero-order valence-electron chi connectivity index (χ0n) is 36.0. The highest BCUT2D eigenvalue weighted by atomic mass is 28.4. The lowest BCUT2D eigenvalue weighted by atomic mass is 9.86. The predicted octanol–water partition coefficient (Wildman–Crippen LogP) is 7.86. The largest absolute Gasteiger partial charge is 0.405 e. The van der Waals surface area contributed by atoms with Crippen molar-refractivity contribution in [2.24, 2.45) is 0 Å². The van der Waals surface area contributed by atoms with E-state index in [1.54, 1.807) is 0 Å². The van der Waals surface area contributed by atoms with E-state index in [9.17, 15) is 5.11 Å². The molecule has 3 saturated heterocycles. The minimum Gasteiger partial charge on any atom is -0.405 e. The summed E-state index contributed by atoms with van der Waals surface area (Å²) in [6.45, 7) is 18.0. The number of benzene rings is 4. The van der Waals surface area contributed by atoms with Crippen LogP contribution in [-0.4, -0.2) is 77.0 Å². The van der Waals surface area contributed by atoms with Crippen molar-refractivity contribution < 1.29 is 32.9 Å². The summed E-state index contributed by atoms with van der Waals surface area (Å²) in [7, 11) is -6.01. The lowest BCUT2D eigenvalue weighted by Crippen LogP contribution is -2.74. The molecule has 3 fully saturated rings. The Hall–Kier alpha value is -2.97. The molecular weight excluding hydrogens is 757 g/mol. The van der Waals surface area contributed by atoms with Crippen LogP contribution < -0.4 is 20.7 Å². The summed E-state index contributed by atoms with van der Waals surface area (Å²) in [6, 6.07) is 42.4. The van der Waals surface area contributed by atoms with Crippen LogP contribution in [0.25, 0.3) is 0 Å². The second kappa shape index (κ2) is 17.2. The van der Waals surface area contributed by atoms with Gasteiger partial charge < -0.3 is 32.9 Å². The van der Waals surface area contributed by atoms with Gasteiger partial charge in [0.25, 0.3) is 16.6 Å². The Bertz CT molecular complexity index is 1820. The molecule has 3 aliphatic heterocycles. The van der Waals surface area contributed by atoms with Crippen molar-refractivity contribution >= 4 is 37.4 Å². The van der Waals surface area contributed by atoms with Gasteiger partial charge in [-0.1, -0.05) is 163 Å². The highest BCUT2D eigenvalue weighted by molar-refractivity contribution is 7.00. The van der Waals surface area contributed by atoms with Gasteiger partial charge in [-0.2, -0.15) is 0 Å². The molecule has 0 unspecified atom stereocenters. The average Bonchev–Trinajstić information content (AvgIpc) is 3.20. The molecule has 4 aromatic rings. The molecule has 0 bridgehead atoms. The number of fused-ring (bicyclic) bond motifs is 1. The first kappa shape index (κ1) is 43.1. The molecule has 7 rings (SSSR count). The molecule has 312 valence electrons. The molecule has 7 atom stereocenters. The molecule has 0 radical (unpaired) electrons. The second-order valence-corrected chi connectivity index (χ2v) is 27.5. The molecule has 4 aromatic carbocycles. The first-order valence-electron chi connectivity index (χ1n) is 21.6. The topological polar surface area (TPSA) is 75.6 Å². The first-order valence-corrected chi connectivity index (χ1v) is 25.4. The van der Waals surface area contributed by atoms with Gasteiger partial charge in [-0.15, -0.1) is 0 Å². The minimum absolute atomic E-state index is 0.0346. The third-order valence-corrected chi connectivity index (χ3v) is 22.8. The summed E-state index contributed by atoms with van der Waals surface area (Å²) in [5.41, 5.74) is 0. The van der Waals surface area contributed by atoms with E-state index in [0.29, 0.717) is 12.8 Å². The minimum atomic E-state index is -3.01. The Morgan fingerprint density at radius 2 is 0.931 bits per heavy atom. The van der Waals surface area contributed by atoms with Crippen LogP contribution in [0.4, 0.5) is 0 Å². The van der Waals surface area contributed by atoms with Crippen LogP contribution in [0, 0.1) is 0 Å². The maximum atomic E-state index is 12.8. The van der Waals surface area contributed by atoms with Crippen LogP contribution in [0.5, 0.6) is 0 Å². The van der Waals surface area contributed by atoms with E-state index in [-0.39, 0.29) is 35.5 Å². The number of aliphatic hydroxyl groups excluding tert-OH is 1. The van der Waals surface area contributed by atoms with Crippen LogP contribution in [-0.2, 0) is 27.8 Å². The van der Waals surface area contributed by atoms with Gasteiger partial charge in [0, 0.05) is 12.8 Å². The van der Waals surface area contributed by atoms with Gasteiger partial charge in [0.15, 0.2) is 0 Å². The second-order valence-electron chi connectivity index (χ2n) is 18.9. The van der Waals surface area contributed by atoms with Crippen LogP contribution in [0.3, 0.4) is 0 Å². The van der Waals surface area contributed by atoms with E-state index in [4.69, 9.17) is 27.8 Å². The van der Waals surface area contributed by atoms with Crippen molar-refractivity contribution in [3.8, 4) is 0 Å². The van der Waals surface area contributed by atoms with E-state index in [2.05, 4.69) is 165 Å². The van der Waals surface area contributed by atoms with Crippen molar-refractivity contribution in [3.05, 3.63) is 121 Å². The molecule has 58 heavy (non-hydrogen) atoms. The molecule has 0 aliphatic carbocycles. The highest BCUT2D eigenvalue weighted by Gasteiger charge is 2.66. The van der Waals surface area contributed by atoms with Crippen LogP contribution in [0.15, 0.2) is 121 Å². The van der Waals surface area contributed by atoms with Crippen molar-refractivity contribution in [1.29, 1.82) is 0 Å². The molecule has 9 heteroatoms. The Morgan fingerprint density at radius 3 is 1.29 bits per heavy atom. The Kier molecular flexibility index (Phi) is 12.8. The number of aliphatic hydroxyl groups is 1. The molecule has 0 saturated carbocycles. The number of hydrogen-bond donors (Lipinski definition) is 1. The van der Waals surface area contributed by atoms with Gasteiger partial charge in [0.05, 0.1) is 25.4 Å². The molecule has 1 N–H and O–H groups in total. The lowest BCUT2D eigenvalue weighted by molar-refractivity contribution is -0.498. The summed E-state index contributed by atoms with van der Waals surface area (Å²) >= 11 is 0. The fraction of sp³-hybridized carbons (Fsp3) is 0.510. The molecule has 2 spiro atoms. The fourth-order valence-corrected chi connectivity index (χ4v) is 19.3. The monoisotopic (exact) mass is 822 g/mol. The van der Waals surface area contributed by atoms with Gasteiger partial charge in [-0.3, -0.25) is 0 Å². The van der Waals surface area contributed by atoms with Crippen LogP contribution in [0.1, 0.15) is 93.9 Å². The summed E-state index contributed by atoms with van der Waals surface area (Å²) in [4.78, 5) is 0. The zero-order valence-corrected chi connectivity index (χ0v) is 38.0. The summed E-state index contributed by atoms with van der Waals surface area (Å²) < 4.78 is 43.6. The predicted molar refractivity (Wildman–Crippen MR) is 237 cm³/mol. The lowest BCUT2D eigenvalue weighted by Gasteiger charge is -2.60. The molecule has 3 aliphatic rings. The zero-order chi connectivity index (χ0) is 41.2. The number of hydrogen-bond acceptors (Lipinski definition) is 7. The van der Waals surface area contributed by atoms with E-state index in [1.807, 2.05) is 12.1 Å². The van der Waals surface area contributed by atoms with Crippen molar-refractivity contribution in [3.63, 3.8) is 0 Å². The van der Waals surface area contributed by atoms with Gasteiger partial charge >= 0.3 is 0 Å². The summed E-state index contributed by atoms with van der Waals surface area (Å²) in [5.74, 6) is -2.36. The molecule has 0 amide bonds. The van der Waals surface area contributed by atoms with Gasteiger partial charge in [-0.25, -0.2) is 0 Å².